The molecule has 5 nitrogen and oxygen atoms in total. The Kier molecular flexibility index (Phi) is 4.24. The normalized spacial score (nSPS) is 23.3. The van der Waals surface area contributed by atoms with E-state index in [0.717, 1.165) is 49.5 Å². The molecule has 0 radical (unpaired) electrons. The Morgan fingerprint density at radius 2 is 1.96 bits per heavy atom. The van der Waals surface area contributed by atoms with Crippen molar-refractivity contribution in [1.82, 2.24) is 0 Å². The zero-order valence-electron chi connectivity index (χ0n) is 15.4. The van der Waals surface area contributed by atoms with Gasteiger partial charge in [-0.25, -0.2) is 0 Å². The largest absolute Gasteiger partial charge is 0.486 e. The second-order valence-electron chi connectivity index (χ2n) is 7.61. The smallest absolute Gasteiger partial charge is 0.282 e. The second-order valence-corrected chi connectivity index (χ2v) is 7.61. The second kappa shape index (κ2) is 6.89. The molecule has 2 aromatic carbocycles. The van der Waals surface area contributed by atoms with Crippen molar-refractivity contribution in [2.24, 2.45) is 0 Å². The molecule has 5 heteroatoms. The molecule has 2 aromatic rings. The number of nitrogens with zero attached hydrogens (tertiary/aromatic N) is 1. The van der Waals surface area contributed by atoms with Crippen molar-refractivity contribution in [3.8, 4) is 11.5 Å². The number of para-hydroxylation sites is 1. The molecule has 140 valence electrons. The van der Waals surface area contributed by atoms with Crippen LogP contribution in [0.2, 0.25) is 0 Å². The number of benzene rings is 2. The van der Waals surface area contributed by atoms with Gasteiger partial charge in [0.05, 0.1) is 6.54 Å². The number of quaternary nitrogens is 1. The predicted molar refractivity (Wildman–Crippen MR) is 103 cm³/mol. The van der Waals surface area contributed by atoms with Gasteiger partial charge < -0.3 is 19.3 Å². The third-order valence-electron chi connectivity index (χ3n) is 6.02. The molecule has 27 heavy (non-hydrogen) atoms. The van der Waals surface area contributed by atoms with Gasteiger partial charge in [0.15, 0.2) is 18.0 Å². The molecule has 2 atom stereocenters. The minimum absolute atomic E-state index is 0.236. The number of likely N-dealkylation sites (tertiary alicyclic amines) is 1. The van der Waals surface area contributed by atoms with E-state index in [0.29, 0.717) is 25.8 Å². The molecule has 1 saturated heterocycles. The number of nitrogens with one attached hydrogen (secondary N) is 1. The maximum Gasteiger partial charge on any atom is 0.282 e. The molecule has 5 rings (SSSR count). The van der Waals surface area contributed by atoms with Crippen molar-refractivity contribution in [3.05, 3.63) is 53.6 Å². The zero-order valence-corrected chi connectivity index (χ0v) is 15.4. The van der Waals surface area contributed by atoms with Crippen molar-refractivity contribution in [1.29, 1.82) is 0 Å². The fourth-order valence-corrected chi connectivity index (χ4v) is 4.69. The maximum atomic E-state index is 13.0. The van der Waals surface area contributed by atoms with E-state index in [1.807, 2.05) is 17.0 Å². The zero-order chi connectivity index (χ0) is 18.2. The van der Waals surface area contributed by atoms with Crippen molar-refractivity contribution in [2.45, 2.75) is 25.3 Å². The Labute approximate surface area is 159 Å². The lowest BCUT2D eigenvalue weighted by atomic mass is 10.0. The predicted octanol–water partition coefficient (Wildman–Crippen LogP) is 1.77. The van der Waals surface area contributed by atoms with Crippen molar-refractivity contribution in [2.75, 3.05) is 37.7 Å². The van der Waals surface area contributed by atoms with Gasteiger partial charge >= 0.3 is 0 Å². The van der Waals surface area contributed by atoms with Crippen LogP contribution < -0.4 is 19.3 Å². The third-order valence-corrected chi connectivity index (χ3v) is 6.02. The van der Waals surface area contributed by atoms with E-state index in [1.54, 1.807) is 0 Å². The molecule has 1 N–H and O–H groups in total. The number of hydrogen-bond donors (Lipinski definition) is 1. The highest BCUT2D eigenvalue weighted by Crippen LogP contribution is 2.33. The van der Waals surface area contributed by atoms with E-state index in [9.17, 15) is 4.79 Å². The number of fused-ring (bicyclic) bond motifs is 2. The number of carbonyl (C=O) groups is 1. The highest BCUT2D eigenvalue weighted by Gasteiger charge is 2.35. The number of hydrogen-bond acceptors (Lipinski definition) is 3. The molecule has 3 aliphatic rings. The molecule has 0 aromatic heterocycles. The monoisotopic (exact) mass is 365 g/mol. The van der Waals surface area contributed by atoms with Gasteiger partial charge in [-0.05, 0) is 36.2 Å². The SMILES string of the molecule is O=C(C[NH+]1CCC[C@H]1c1ccc2c(c1)OCCO2)N1CCc2ccccc21. The summed E-state index contributed by atoms with van der Waals surface area (Å²) in [4.78, 5) is 16.4. The third kappa shape index (κ3) is 3.06. The minimum atomic E-state index is 0.236. The van der Waals surface area contributed by atoms with Gasteiger partial charge in [0, 0.05) is 30.6 Å². The van der Waals surface area contributed by atoms with Gasteiger partial charge in [0.1, 0.15) is 19.3 Å². The standard InChI is InChI=1S/C22H24N2O3/c25-22(24-11-9-16-4-1-2-5-19(16)24)15-23-10-3-6-18(23)17-7-8-20-21(14-17)27-13-12-26-20/h1-2,4-5,7-8,14,18H,3,6,9-13,15H2/p+1/t18-/m0/s1. The van der Waals surface area contributed by atoms with Crippen LogP contribution in [0.15, 0.2) is 42.5 Å². The number of rotatable bonds is 3. The van der Waals surface area contributed by atoms with E-state index in [4.69, 9.17) is 9.47 Å². The quantitative estimate of drug-likeness (QED) is 0.902. The number of amides is 1. The van der Waals surface area contributed by atoms with Crippen molar-refractivity contribution in [3.63, 3.8) is 0 Å². The van der Waals surface area contributed by atoms with Crippen molar-refractivity contribution >= 4 is 11.6 Å². The topological polar surface area (TPSA) is 43.2 Å². The highest BCUT2D eigenvalue weighted by atomic mass is 16.6. The first kappa shape index (κ1) is 16.6. The van der Waals surface area contributed by atoms with Crippen LogP contribution in [0.3, 0.4) is 0 Å². The molecular formula is C22H25N2O3+. The Morgan fingerprint density at radius 3 is 2.89 bits per heavy atom. The minimum Gasteiger partial charge on any atom is -0.486 e. The molecule has 0 aliphatic carbocycles. The molecular weight excluding hydrogens is 340 g/mol. The van der Waals surface area contributed by atoms with Crippen LogP contribution in [-0.2, 0) is 11.2 Å². The lowest BCUT2D eigenvalue weighted by Gasteiger charge is -2.25. The first-order valence-corrected chi connectivity index (χ1v) is 9.92. The highest BCUT2D eigenvalue weighted by molar-refractivity contribution is 5.96. The van der Waals surface area contributed by atoms with Crippen LogP contribution in [0.25, 0.3) is 0 Å². The summed E-state index contributed by atoms with van der Waals surface area (Å²) < 4.78 is 11.4. The Bertz CT molecular complexity index is 866. The summed E-state index contributed by atoms with van der Waals surface area (Å²) in [5.74, 6) is 1.90. The first-order valence-electron chi connectivity index (χ1n) is 9.92. The fraction of sp³-hybridized carbons (Fsp3) is 0.409. The Hall–Kier alpha value is -2.53. The number of anilines is 1. The Balaban J connectivity index is 1.33. The lowest BCUT2D eigenvalue weighted by Crippen LogP contribution is -3.11. The molecule has 1 fully saturated rings. The van der Waals surface area contributed by atoms with Gasteiger partial charge in [-0.2, -0.15) is 0 Å². The molecule has 0 saturated carbocycles. The van der Waals surface area contributed by atoms with Crippen LogP contribution in [-0.4, -0.2) is 38.8 Å². The summed E-state index contributed by atoms with van der Waals surface area (Å²) in [6.45, 7) is 3.61. The van der Waals surface area contributed by atoms with E-state index in [2.05, 4.69) is 30.3 Å². The average molecular weight is 365 g/mol. The van der Waals surface area contributed by atoms with Crippen molar-refractivity contribution < 1.29 is 19.2 Å². The molecule has 0 spiro atoms. The van der Waals surface area contributed by atoms with Crippen LogP contribution in [0.5, 0.6) is 11.5 Å². The summed E-state index contributed by atoms with van der Waals surface area (Å²) in [7, 11) is 0. The van der Waals surface area contributed by atoms with Gasteiger partial charge in [-0.3, -0.25) is 4.79 Å². The van der Waals surface area contributed by atoms with Gasteiger partial charge in [-0.15, -0.1) is 0 Å². The number of carbonyl (C=O) groups excluding carboxylic acids is 1. The summed E-state index contributed by atoms with van der Waals surface area (Å²) in [5.41, 5.74) is 3.63. The summed E-state index contributed by atoms with van der Waals surface area (Å²) in [6, 6.07) is 14.9. The van der Waals surface area contributed by atoms with E-state index in [1.165, 1.54) is 16.0 Å². The van der Waals surface area contributed by atoms with E-state index in [-0.39, 0.29) is 5.91 Å². The van der Waals surface area contributed by atoms with Gasteiger partial charge in [-0.1, -0.05) is 18.2 Å². The molecule has 1 unspecified atom stereocenters. The van der Waals surface area contributed by atoms with Crippen LogP contribution in [0.4, 0.5) is 5.69 Å². The fourth-order valence-electron chi connectivity index (χ4n) is 4.69. The van der Waals surface area contributed by atoms with Crippen LogP contribution in [0.1, 0.15) is 30.0 Å². The van der Waals surface area contributed by atoms with E-state index < -0.39 is 0 Å². The van der Waals surface area contributed by atoms with E-state index >= 15 is 0 Å². The molecule has 0 bridgehead atoms. The van der Waals surface area contributed by atoms with Crippen LogP contribution >= 0.6 is 0 Å². The maximum absolute atomic E-state index is 13.0. The summed E-state index contributed by atoms with van der Waals surface area (Å²) >= 11 is 0. The summed E-state index contributed by atoms with van der Waals surface area (Å²) in [5, 5.41) is 0. The first-order chi connectivity index (χ1) is 13.3. The molecule has 3 heterocycles. The van der Waals surface area contributed by atoms with Gasteiger partial charge in [0.25, 0.3) is 5.91 Å². The summed E-state index contributed by atoms with van der Waals surface area (Å²) in [6.07, 6.45) is 3.22. The lowest BCUT2D eigenvalue weighted by molar-refractivity contribution is -0.910. The van der Waals surface area contributed by atoms with Crippen LogP contribution in [0, 0.1) is 0 Å². The average Bonchev–Trinajstić information content (AvgIpc) is 3.34. The molecule has 1 amide bonds. The van der Waals surface area contributed by atoms with Gasteiger partial charge in [0.2, 0.25) is 0 Å². The Morgan fingerprint density at radius 1 is 1.11 bits per heavy atom. The number of ether oxygens (including phenoxy) is 2. The molecule has 3 aliphatic heterocycles.